The molecule has 1 heterocycles. The molecule has 2 aromatic rings. The molecule has 1 unspecified atom stereocenters. The lowest BCUT2D eigenvalue weighted by Crippen LogP contribution is -2.14. The molecular formula is C11H10BrIN2S. The fourth-order valence-corrected chi connectivity index (χ4v) is 3.24. The summed E-state index contributed by atoms with van der Waals surface area (Å²) in [5.41, 5.74) is 9.23. The molecule has 0 saturated heterocycles. The van der Waals surface area contributed by atoms with E-state index in [2.05, 4.69) is 55.6 Å². The van der Waals surface area contributed by atoms with Crippen molar-refractivity contribution in [3.05, 3.63) is 48.4 Å². The van der Waals surface area contributed by atoms with Crippen molar-refractivity contribution < 1.29 is 0 Å². The number of halogens is 2. The number of nitrogens with two attached hydrogens (primary N) is 1. The molecule has 2 rings (SSSR count). The summed E-state index contributed by atoms with van der Waals surface area (Å²) in [7, 11) is 0. The van der Waals surface area contributed by atoms with E-state index in [0.717, 1.165) is 10.9 Å². The Kier molecular flexibility index (Phi) is 4.34. The molecule has 2 nitrogen and oxygen atoms in total. The summed E-state index contributed by atoms with van der Waals surface area (Å²) < 4.78 is 2.28. The molecule has 0 aliphatic rings. The van der Waals surface area contributed by atoms with Gasteiger partial charge in [-0.2, -0.15) is 0 Å². The Morgan fingerprint density at radius 1 is 1.50 bits per heavy atom. The van der Waals surface area contributed by atoms with Crippen molar-refractivity contribution in [2.45, 2.75) is 12.5 Å². The standard InChI is InChI=1S/C11H10BrIN2S/c12-7-1-2-10(13)9(3-7)11(14)4-8-5-15-6-16-8/h1-3,5-6,11H,4,14H2. The van der Waals surface area contributed by atoms with Crippen molar-refractivity contribution in [3.63, 3.8) is 0 Å². The zero-order valence-electron chi connectivity index (χ0n) is 8.36. The highest BCUT2D eigenvalue weighted by atomic mass is 127. The van der Waals surface area contributed by atoms with Crippen LogP contribution in [0.15, 0.2) is 34.4 Å². The van der Waals surface area contributed by atoms with Gasteiger partial charge in [-0.05, 0) is 46.4 Å². The summed E-state index contributed by atoms with van der Waals surface area (Å²) in [6.07, 6.45) is 2.73. The predicted octanol–water partition coefficient (Wildman–Crippen LogP) is 3.75. The van der Waals surface area contributed by atoms with Gasteiger partial charge in [0.25, 0.3) is 0 Å². The highest BCUT2D eigenvalue weighted by molar-refractivity contribution is 14.1. The van der Waals surface area contributed by atoms with Crippen molar-refractivity contribution in [2.24, 2.45) is 5.73 Å². The van der Waals surface area contributed by atoms with Crippen molar-refractivity contribution in [1.82, 2.24) is 4.98 Å². The van der Waals surface area contributed by atoms with Gasteiger partial charge in [0.15, 0.2) is 0 Å². The van der Waals surface area contributed by atoms with Crippen LogP contribution in [-0.4, -0.2) is 4.98 Å². The maximum Gasteiger partial charge on any atom is 0.0794 e. The van der Waals surface area contributed by atoms with Gasteiger partial charge in [-0.1, -0.05) is 15.9 Å². The van der Waals surface area contributed by atoms with Crippen molar-refractivity contribution in [3.8, 4) is 0 Å². The van der Waals surface area contributed by atoms with Crippen LogP contribution >= 0.6 is 49.9 Å². The number of hydrogen-bond acceptors (Lipinski definition) is 3. The smallest absolute Gasteiger partial charge is 0.0794 e. The first-order valence-corrected chi connectivity index (χ1v) is 7.50. The number of nitrogens with zero attached hydrogens (tertiary/aromatic N) is 1. The fourth-order valence-electron chi connectivity index (χ4n) is 1.47. The van der Waals surface area contributed by atoms with Crippen molar-refractivity contribution >= 4 is 49.9 Å². The van der Waals surface area contributed by atoms with Gasteiger partial charge in [0.1, 0.15) is 0 Å². The second-order valence-electron chi connectivity index (χ2n) is 3.44. The molecule has 0 radical (unpaired) electrons. The van der Waals surface area contributed by atoms with Crippen LogP contribution in [-0.2, 0) is 6.42 Å². The molecule has 1 aromatic carbocycles. The van der Waals surface area contributed by atoms with Crippen LogP contribution in [0.4, 0.5) is 0 Å². The third-order valence-electron chi connectivity index (χ3n) is 2.26. The summed E-state index contributed by atoms with van der Waals surface area (Å²) >= 11 is 7.45. The number of hydrogen-bond donors (Lipinski definition) is 1. The Labute approximate surface area is 121 Å². The molecule has 0 aliphatic carbocycles. The molecule has 5 heteroatoms. The Balaban J connectivity index is 2.20. The van der Waals surface area contributed by atoms with Gasteiger partial charge in [-0.25, -0.2) is 0 Å². The second kappa shape index (κ2) is 5.57. The second-order valence-corrected chi connectivity index (χ2v) is 6.49. The first-order chi connectivity index (χ1) is 7.66. The van der Waals surface area contributed by atoms with E-state index in [9.17, 15) is 0 Å². The van der Waals surface area contributed by atoms with Crippen LogP contribution < -0.4 is 5.73 Å². The number of benzene rings is 1. The van der Waals surface area contributed by atoms with E-state index in [4.69, 9.17) is 5.73 Å². The van der Waals surface area contributed by atoms with Crippen LogP contribution in [0.1, 0.15) is 16.5 Å². The summed E-state index contributed by atoms with van der Waals surface area (Å²) in [6, 6.07) is 6.23. The maximum atomic E-state index is 6.21. The lowest BCUT2D eigenvalue weighted by molar-refractivity contribution is 0.724. The van der Waals surface area contributed by atoms with E-state index < -0.39 is 0 Å². The molecule has 0 aliphatic heterocycles. The van der Waals surface area contributed by atoms with Crippen molar-refractivity contribution in [1.29, 1.82) is 0 Å². The molecule has 0 amide bonds. The molecule has 0 fully saturated rings. The third kappa shape index (κ3) is 3.03. The largest absolute Gasteiger partial charge is 0.324 e. The minimum atomic E-state index is 0.0323. The van der Waals surface area contributed by atoms with E-state index in [1.54, 1.807) is 11.3 Å². The topological polar surface area (TPSA) is 38.9 Å². The van der Waals surface area contributed by atoms with E-state index in [1.165, 1.54) is 14.0 Å². The van der Waals surface area contributed by atoms with E-state index in [-0.39, 0.29) is 6.04 Å². The van der Waals surface area contributed by atoms with E-state index in [1.807, 2.05) is 17.8 Å². The van der Waals surface area contributed by atoms with Gasteiger partial charge in [0.05, 0.1) is 5.51 Å². The molecular weight excluding hydrogens is 399 g/mol. The van der Waals surface area contributed by atoms with Gasteiger partial charge in [-0.3, -0.25) is 4.98 Å². The summed E-state index contributed by atoms with van der Waals surface area (Å²) in [6.45, 7) is 0. The lowest BCUT2D eigenvalue weighted by atomic mass is 10.0. The molecule has 0 bridgehead atoms. The number of rotatable bonds is 3. The molecule has 0 spiro atoms. The molecule has 1 atom stereocenters. The van der Waals surface area contributed by atoms with E-state index in [0.29, 0.717) is 0 Å². The zero-order valence-corrected chi connectivity index (χ0v) is 12.9. The predicted molar refractivity (Wildman–Crippen MR) is 79.6 cm³/mol. The average Bonchev–Trinajstić information content (AvgIpc) is 2.74. The van der Waals surface area contributed by atoms with Gasteiger partial charge >= 0.3 is 0 Å². The average molecular weight is 409 g/mol. The molecule has 16 heavy (non-hydrogen) atoms. The van der Waals surface area contributed by atoms with Crippen LogP contribution in [0.5, 0.6) is 0 Å². The minimum Gasteiger partial charge on any atom is -0.324 e. The first kappa shape index (κ1) is 12.5. The van der Waals surface area contributed by atoms with Crippen LogP contribution in [0, 0.1) is 3.57 Å². The minimum absolute atomic E-state index is 0.0323. The van der Waals surface area contributed by atoms with Gasteiger partial charge in [-0.15, -0.1) is 11.3 Å². The van der Waals surface area contributed by atoms with Gasteiger partial charge in [0.2, 0.25) is 0 Å². The normalized spacial score (nSPS) is 12.7. The maximum absolute atomic E-state index is 6.21. The summed E-state index contributed by atoms with van der Waals surface area (Å²) in [4.78, 5) is 5.29. The summed E-state index contributed by atoms with van der Waals surface area (Å²) in [5.74, 6) is 0. The fraction of sp³-hybridized carbons (Fsp3) is 0.182. The highest BCUT2D eigenvalue weighted by Crippen LogP contribution is 2.25. The Bertz CT molecular complexity index is 473. The molecule has 2 N–H and O–H groups in total. The van der Waals surface area contributed by atoms with Crippen LogP contribution in [0.25, 0.3) is 0 Å². The summed E-state index contributed by atoms with van der Waals surface area (Å²) in [5, 5.41) is 0. The first-order valence-electron chi connectivity index (χ1n) is 4.74. The highest BCUT2D eigenvalue weighted by Gasteiger charge is 2.11. The zero-order chi connectivity index (χ0) is 11.5. The molecule has 0 saturated carbocycles. The Morgan fingerprint density at radius 2 is 2.31 bits per heavy atom. The Hall–Kier alpha value is 0.0200. The Morgan fingerprint density at radius 3 is 3.00 bits per heavy atom. The van der Waals surface area contributed by atoms with Crippen molar-refractivity contribution in [2.75, 3.05) is 0 Å². The quantitative estimate of drug-likeness (QED) is 0.785. The van der Waals surface area contributed by atoms with Crippen LogP contribution in [0.3, 0.4) is 0 Å². The van der Waals surface area contributed by atoms with Gasteiger partial charge in [0, 0.05) is 31.6 Å². The number of thiazole rings is 1. The molecule has 84 valence electrons. The SMILES string of the molecule is NC(Cc1cncs1)c1cc(Br)ccc1I. The van der Waals surface area contributed by atoms with E-state index >= 15 is 0 Å². The third-order valence-corrected chi connectivity index (χ3v) is 4.54. The number of aromatic nitrogens is 1. The van der Waals surface area contributed by atoms with Crippen LogP contribution in [0.2, 0.25) is 0 Å². The lowest BCUT2D eigenvalue weighted by Gasteiger charge is -2.13. The molecule has 1 aromatic heterocycles. The van der Waals surface area contributed by atoms with Gasteiger partial charge < -0.3 is 5.73 Å². The monoisotopic (exact) mass is 408 g/mol.